The molecule has 1 unspecified atom stereocenters. The van der Waals surface area contributed by atoms with Gasteiger partial charge in [0, 0.05) is 35.8 Å². The van der Waals surface area contributed by atoms with E-state index >= 15 is 0 Å². The van der Waals surface area contributed by atoms with Crippen LogP contribution in [0.3, 0.4) is 0 Å². The van der Waals surface area contributed by atoms with Crippen molar-refractivity contribution in [1.82, 2.24) is 10.6 Å². The van der Waals surface area contributed by atoms with Gasteiger partial charge in [-0.25, -0.2) is 0 Å². The number of benzene rings is 1. The zero-order valence-corrected chi connectivity index (χ0v) is 18.5. The third-order valence-corrected chi connectivity index (χ3v) is 4.80. The number of hydrogen-bond acceptors (Lipinski definition) is 3. The molecule has 0 radical (unpaired) electrons. The van der Waals surface area contributed by atoms with Crippen LogP contribution < -0.4 is 15.4 Å². The summed E-state index contributed by atoms with van der Waals surface area (Å²) in [5, 5.41) is 6.83. The maximum Gasteiger partial charge on any atom is 0.191 e. The molecule has 6 heteroatoms. The Bertz CT molecular complexity index is 655. The van der Waals surface area contributed by atoms with Crippen LogP contribution in [0.25, 0.3) is 0 Å². The Hall–Kier alpha value is -1.28. The Labute approximate surface area is 172 Å². The fourth-order valence-corrected chi connectivity index (χ4v) is 3.51. The molecule has 0 fully saturated rings. The second-order valence-corrected chi connectivity index (χ2v) is 7.23. The number of nitrogens with zero attached hydrogens (tertiary/aromatic N) is 1. The van der Waals surface area contributed by atoms with Gasteiger partial charge in [-0.1, -0.05) is 12.1 Å². The molecule has 25 heavy (non-hydrogen) atoms. The van der Waals surface area contributed by atoms with E-state index in [1.807, 2.05) is 30.5 Å². The molecular weight excluding hydrogens is 445 g/mol. The predicted molar refractivity (Wildman–Crippen MR) is 119 cm³/mol. The van der Waals surface area contributed by atoms with Crippen molar-refractivity contribution in [1.29, 1.82) is 0 Å². The van der Waals surface area contributed by atoms with Crippen LogP contribution in [0.2, 0.25) is 0 Å². The lowest BCUT2D eigenvalue weighted by Crippen LogP contribution is -2.43. The molecule has 1 heterocycles. The Morgan fingerprint density at radius 3 is 2.48 bits per heavy atom. The number of thiophene rings is 1. The predicted octanol–water partition coefficient (Wildman–Crippen LogP) is 4.02. The first-order chi connectivity index (χ1) is 11.6. The number of methoxy groups -OCH3 is 1. The number of aryl methyl sites for hydroxylation is 1. The molecule has 0 aliphatic carbocycles. The molecule has 0 aliphatic heterocycles. The molecule has 0 spiro atoms. The number of hydrogen-bond donors (Lipinski definition) is 2. The first-order valence-corrected chi connectivity index (χ1v) is 9.07. The molecule has 0 saturated heterocycles. The van der Waals surface area contributed by atoms with Gasteiger partial charge in [-0.05, 0) is 50.1 Å². The van der Waals surface area contributed by atoms with Crippen molar-refractivity contribution in [2.75, 3.05) is 20.7 Å². The van der Waals surface area contributed by atoms with E-state index in [1.54, 1.807) is 7.11 Å². The third-order valence-electron chi connectivity index (χ3n) is 3.78. The first kappa shape index (κ1) is 21.8. The van der Waals surface area contributed by atoms with Gasteiger partial charge >= 0.3 is 0 Å². The lowest BCUT2D eigenvalue weighted by molar-refractivity contribution is 0.414. The van der Waals surface area contributed by atoms with Gasteiger partial charge in [-0.3, -0.25) is 4.99 Å². The molecule has 1 aromatic heterocycles. The van der Waals surface area contributed by atoms with Gasteiger partial charge in [0.2, 0.25) is 0 Å². The van der Waals surface area contributed by atoms with E-state index in [9.17, 15) is 0 Å². The van der Waals surface area contributed by atoms with Gasteiger partial charge < -0.3 is 15.4 Å². The summed E-state index contributed by atoms with van der Waals surface area (Å²) in [6.07, 6.45) is 1.96. The summed E-state index contributed by atoms with van der Waals surface area (Å²) in [5.41, 5.74) is 1.28. The topological polar surface area (TPSA) is 45.7 Å². The molecule has 0 aliphatic rings. The van der Waals surface area contributed by atoms with Gasteiger partial charge in [-0.2, -0.15) is 0 Å². The molecule has 0 saturated carbocycles. The molecular formula is C19H28IN3OS. The minimum absolute atomic E-state index is 0. The van der Waals surface area contributed by atoms with E-state index in [-0.39, 0.29) is 24.0 Å². The number of aliphatic imine (C=N–C) groups is 1. The average molecular weight is 473 g/mol. The van der Waals surface area contributed by atoms with Gasteiger partial charge in [0.1, 0.15) is 5.75 Å². The summed E-state index contributed by atoms with van der Waals surface area (Å²) in [6, 6.07) is 12.9. The van der Waals surface area contributed by atoms with E-state index in [4.69, 9.17) is 4.74 Å². The number of ether oxygens (including phenoxy) is 1. The highest BCUT2D eigenvalue weighted by Crippen LogP contribution is 2.16. The van der Waals surface area contributed by atoms with Crippen molar-refractivity contribution in [2.24, 2.45) is 4.99 Å². The van der Waals surface area contributed by atoms with Gasteiger partial charge in [0.25, 0.3) is 0 Å². The largest absolute Gasteiger partial charge is 0.497 e. The lowest BCUT2D eigenvalue weighted by Gasteiger charge is -2.17. The van der Waals surface area contributed by atoms with Gasteiger partial charge in [0.15, 0.2) is 5.96 Å². The second-order valence-electron chi connectivity index (χ2n) is 5.86. The maximum atomic E-state index is 5.18. The summed E-state index contributed by atoms with van der Waals surface area (Å²) in [4.78, 5) is 7.08. The molecule has 0 amide bonds. The Kier molecular flexibility index (Phi) is 9.89. The van der Waals surface area contributed by atoms with Crippen molar-refractivity contribution < 1.29 is 4.74 Å². The monoisotopic (exact) mass is 473 g/mol. The van der Waals surface area contributed by atoms with Crippen LogP contribution in [0.4, 0.5) is 0 Å². The molecule has 2 rings (SSSR count). The van der Waals surface area contributed by atoms with Crippen LogP contribution in [0.1, 0.15) is 22.2 Å². The smallest absolute Gasteiger partial charge is 0.191 e. The van der Waals surface area contributed by atoms with Crippen LogP contribution in [-0.4, -0.2) is 32.7 Å². The fourth-order valence-electron chi connectivity index (χ4n) is 2.49. The average Bonchev–Trinajstić information content (AvgIpc) is 2.99. The molecule has 2 aromatic rings. The second kappa shape index (κ2) is 11.4. The summed E-state index contributed by atoms with van der Waals surface area (Å²) in [7, 11) is 3.50. The lowest BCUT2D eigenvalue weighted by atomic mass is 10.1. The molecule has 1 aromatic carbocycles. The standard InChI is InChI=1S/C19H27N3OS.HI/c1-14(13-18-10-5-15(2)24-18)22-19(20-3)21-12-11-16-6-8-17(23-4)9-7-16;/h5-10,14H,11-13H2,1-4H3,(H2,20,21,22);1H. The first-order valence-electron chi connectivity index (χ1n) is 8.26. The van der Waals surface area contributed by atoms with Gasteiger partial charge in [-0.15, -0.1) is 35.3 Å². The van der Waals surface area contributed by atoms with E-state index in [0.717, 1.165) is 31.1 Å². The zero-order chi connectivity index (χ0) is 17.4. The third kappa shape index (κ3) is 7.64. The minimum atomic E-state index is 0. The Morgan fingerprint density at radius 1 is 1.20 bits per heavy atom. The number of halogens is 1. The summed E-state index contributed by atoms with van der Waals surface area (Å²) < 4.78 is 5.18. The molecule has 1 atom stereocenters. The highest BCUT2D eigenvalue weighted by Gasteiger charge is 2.07. The van der Waals surface area contributed by atoms with Crippen molar-refractivity contribution in [2.45, 2.75) is 32.7 Å². The normalized spacial score (nSPS) is 12.2. The summed E-state index contributed by atoms with van der Waals surface area (Å²) in [5.74, 6) is 1.74. The Balaban J connectivity index is 0.00000312. The van der Waals surface area contributed by atoms with Crippen LogP contribution in [0.15, 0.2) is 41.4 Å². The summed E-state index contributed by atoms with van der Waals surface area (Å²) in [6.45, 7) is 5.17. The van der Waals surface area contributed by atoms with Crippen molar-refractivity contribution in [3.63, 3.8) is 0 Å². The van der Waals surface area contributed by atoms with Crippen LogP contribution in [0, 0.1) is 6.92 Å². The maximum absolute atomic E-state index is 5.18. The van der Waals surface area contributed by atoms with Crippen molar-refractivity contribution in [3.05, 3.63) is 51.7 Å². The van der Waals surface area contributed by atoms with Crippen LogP contribution in [0.5, 0.6) is 5.75 Å². The number of guanidine groups is 1. The van der Waals surface area contributed by atoms with Crippen LogP contribution >= 0.6 is 35.3 Å². The van der Waals surface area contributed by atoms with E-state index in [1.165, 1.54) is 15.3 Å². The van der Waals surface area contributed by atoms with E-state index in [2.05, 4.69) is 53.7 Å². The fraction of sp³-hybridized carbons (Fsp3) is 0.421. The summed E-state index contributed by atoms with van der Waals surface area (Å²) >= 11 is 1.86. The molecule has 138 valence electrons. The quantitative estimate of drug-likeness (QED) is 0.363. The van der Waals surface area contributed by atoms with Crippen LogP contribution in [-0.2, 0) is 12.8 Å². The zero-order valence-electron chi connectivity index (χ0n) is 15.3. The number of nitrogens with one attached hydrogen (secondary N) is 2. The highest BCUT2D eigenvalue weighted by atomic mass is 127. The van der Waals surface area contributed by atoms with Gasteiger partial charge in [0.05, 0.1) is 7.11 Å². The van der Waals surface area contributed by atoms with E-state index < -0.39 is 0 Å². The minimum Gasteiger partial charge on any atom is -0.497 e. The van der Waals surface area contributed by atoms with Crippen molar-refractivity contribution in [3.8, 4) is 5.75 Å². The SMILES string of the molecule is CN=C(NCCc1ccc(OC)cc1)NC(C)Cc1ccc(C)s1.I. The Morgan fingerprint density at radius 2 is 1.92 bits per heavy atom. The number of rotatable bonds is 7. The molecule has 0 bridgehead atoms. The van der Waals surface area contributed by atoms with E-state index in [0.29, 0.717) is 6.04 Å². The van der Waals surface area contributed by atoms with Crippen molar-refractivity contribution >= 4 is 41.3 Å². The highest BCUT2D eigenvalue weighted by molar-refractivity contribution is 14.0. The molecule has 2 N–H and O–H groups in total. The molecule has 4 nitrogen and oxygen atoms in total.